The maximum atomic E-state index is 13.6. The summed E-state index contributed by atoms with van der Waals surface area (Å²) in [6.45, 7) is 3.42. The van der Waals surface area contributed by atoms with E-state index >= 15 is 0 Å². The fourth-order valence-corrected chi connectivity index (χ4v) is 1.91. The Morgan fingerprint density at radius 1 is 1.21 bits per heavy atom. The first-order valence-corrected chi connectivity index (χ1v) is 6.13. The van der Waals surface area contributed by atoms with Gasteiger partial charge in [-0.1, -0.05) is 13.0 Å². The van der Waals surface area contributed by atoms with Gasteiger partial charge in [0.15, 0.2) is 5.78 Å². The van der Waals surface area contributed by atoms with E-state index in [1.165, 1.54) is 6.07 Å². The van der Waals surface area contributed by atoms with E-state index in [9.17, 15) is 18.4 Å². The molecule has 104 valence electrons. The highest BCUT2D eigenvalue weighted by Gasteiger charge is 2.27. The van der Waals surface area contributed by atoms with Crippen LogP contribution in [0.2, 0.25) is 0 Å². The van der Waals surface area contributed by atoms with Crippen LogP contribution in [0, 0.1) is 11.6 Å². The minimum Gasteiger partial charge on any atom is -0.466 e. The summed E-state index contributed by atoms with van der Waals surface area (Å²) in [7, 11) is 0. The van der Waals surface area contributed by atoms with Crippen LogP contribution in [0.3, 0.4) is 0 Å². The van der Waals surface area contributed by atoms with Crippen molar-refractivity contribution in [3.05, 3.63) is 35.4 Å². The van der Waals surface area contributed by atoms with Crippen LogP contribution in [-0.4, -0.2) is 18.4 Å². The van der Waals surface area contributed by atoms with Crippen molar-refractivity contribution in [2.75, 3.05) is 6.61 Å². The van der Waals surface area contributed by atoms with Crippen LogP contribution in [0.4, 0.5) is 8.78 Å². The standard InChI is InChI=1S/C14H16F2O3/c1-3-9(12(17)8-13(18)19-4-2)14-10(15)6-5-7-11(14)16/h5-7,9H,3-4,8H2,1-2H3/t9-/m1/s1. The highest BCUT2D eigenvalue weighted by molar-refractivity contribution is 5.99. The monoisotopic (exact) mass is 270 g/mol. The van der Waals surface area contributed by atoms with Gasteiger partial charge in [0.25, 0.3) is 0 Å². The molecule has 0 aliphatic heterocycles. The lowest BCUT2D eigenvalue weighted by molar-refractivity contribution is -0.145. The molecule has 0 radical (unpaired) electrons. The van der Waals surface area contributed by atoms with Crippen molar-refractivity contribution in [3.8, 4) is 0 Å². The second-order valence-electron chi connectivity index (χ2n) is 4.04. The number of Topliss-reactive ketones (excluding diaryl/α,β-unsaturated/α-hetero) is 1. The molecule has 1 rings (SSSR count). The molecule has 3 nitrogen and oxygen atoms in total. The van der Waals surface area contributed by atoms with Crippen molar-refractivity contribution in [2.24, 2.45) is 0 Å². The van der Waals surface area contributed by atoms with Crippen LogP contribution in [0.15, 0.2) is 18.2 Å². The zero-order chi connectivity index (χ0) is 14.4. The van der Waals surface area contributed by atoms with E-state index in [0.29, 0.717) is 0 Å². The summed E-state index contributed by atoms with van der Waals surface area (Å²) < 4.78 is 31.9. The van der Waals surface area contributed by atoms with E-state index in [4.69, 9.17) is 0 Å². The SMILES string of the molecule is CCOC(=O)CC(=O)[C@@H](CC)c1c(F)cccc1F. The third-order valence-corrected chi connectivity index (χ3v) is 2.77. The third-order valence-electron chi connectivity index (χ3n) is 2.77. The summed E-state index contributed by atoms with van der Waals surface area (Å²) in [6, 6.07) is 3.42. The number of ketones is 1. The number of hydrogen-bond donors (Lipinski definition) is 0. The van der Waals surface area contributed by atoms with Gasteiger partial charge in [0.2, 0.25) is 0 Å². The third kappa shape index (κ3) is 3.84. The fraction of sp³-hybridized carbons (Fsp3) is 0.429. The lowest BCUT2D eigenvalue weighted by Crippen LogP contribution is -2.19. The molecule has 0 heterocycles. The average Bonchev–Trinajstić information content (AvgIpc) is 2.34. The van der Waals surface area contributed by atoms with Crippen LogP contribution in [-0.2, 0) is 14.3 Å². The van der Waals surface area contributed by atoms with Gasteiger partial charge >= 0.3 is 5.97 Å². The summed E-state index contributed by atoms with van der Waals surface area (Å²) in [5, 5.41) is 0. The van der Waals surface area contributed by atoms with Crippen molar-refractivity contribution in [2.45, 2.75) is 32.6 Å². The molecule has 1 aromatic carbocycles. The second kappa shape index (κ2) is 6.97. The Hall–Kier alpha value is -1.78. The Kier molecular flexibility index (Phi) is 5.60. The molecule has 0 fully saturated rings. The highest BCUT2D eigenvalue weighted by Crippen LogP contribution is 2.27. The maximum absolute atomic E-state index is 13.6. The lowest BCUT2D eigenvalue weighted by Gasteiger charge is -2.15. The van der Waals surface area contributed by atoms with E-state index in [1.807, 2.05) is 0 Å². The molecule has 19 heavy (non-hydrogen) atoms. The normalized spacial score (nSPS) is 12.0. The quantitative estimate of drug-likeness (QED) is 0.589. The molecule has 0 saturated heterocycles. The summed E-state index contributed by atoms with van der Waals surface area (Å²) in [5.74, 6) is -3.73. The Bertz CT molecular complexity index is 452. The number of carbonyl (C=O) groups excluding carboxylic acids is 2. The van der Waals surface area contributed by atoms with Crippen molar-refractivity contribution in [1.82, 2.24) is 0 Å². The van der Waals surface area contributed by atoms with E-state index in [1.54, 1.807) is 13.8 Å². The Morgan fingerprint density at radius 3 is 2.26 bits per heavy atom. The molecule has 1 atom stereocenters. The van der Waals surface area contributed by atoms with Gasteiger partial charge in [-0.15, -0.1) is 0 Å². The second-order valence-corrected chi connectivity index (χ2v) is 4.04. The molecule has 0 aliphatic rings. The fourth-order valence-electron chi connectivity index (χ4n) is 1.91. The largest absolute Gasteiger partial charge is 0.466 e. The van der Waals surface area contributed by atoms with Crippen molar-refractivity contribution in [1.29, 1.82) is 0 Å². The molecular weight excluding hydrogens is 254 g/mol. The first kappa shape index (κ1) is 15.3. The van der Waals surface area contributed by atoms with Crippen LogP contribution in [0.25, 0.3) is 0 Å². The van der Waals surface area contributed by atoms with Gasteiger partial charge in [0, 0.05) is 11.5 Å². The van der Waals surface area contributed by atoms with Gasteiger partial charge in [0.05, 0.1) is 6.61 Å². The number of ether oxygens (including phenoxy) is 1. The van der Waals surface area contributed by atoms with Gasteiger partial charge in [0.1, 0.15) is 18.1 Å². The van der Waals surface area contributed by atoms with E-state index in [0.717, 1.165) is 12.1 Å². The topological polar surface area (TPSA) is 43.4 Å². The van der Waals surface area contributed by atoms with Crippen molar-refractivity contribution < 1.29 is 23.1 Å². The molecule has 0 bridgehead atoms. The zero-order valence-electron chi connectivity index (χ0n) is 10.9. The number of carbonyl (C=O) groups is 2. The highest BCUT2D eigenvalue weighted by atomic mass is 19.1. The number of benzene rings is 1. The lowest BCUT2D eigenvalue weighted by atomic mass is 9.90. The molecule has 0 aliphatic carbocycles. The minimum absolute atomic E-state index is 0.164. The van der Waals surface area contributed by atoms with Crippen molar-refractivity contribution >= 4 is 11.8 Å². The number of esters is 1. The predicted octanol–water partition coefficient (Wildman–Crippen LogP) is 2.98. The molecule has 0 unspecified atom stereocenters. The van der Waals surface area contributed by atoms with Crippen molar-refractivity contribution in [3.63, 3.8) is 0 Å². The van der Waals surface area contributed by atoms with Crippen LogP contribution >= 0.6 is 0 Å². The zero-order valence-corrected chi connectivity index (χ0v) is 10.9. The summed E-state index contributed by atoms with van der Waals surface area (Å²) in [5.41, 5.74) is -0.278. The smallest absolute Gasteiger partial charge is 0.313 e. The van der Waals surface area contributed by atoms with Gasteiger partial charge in [-0.05, 0) is 25.5 Å². The van der Waals surface area contributed by atoms with Gasteiger partial charge in [-0.2, -0.15) is 0 Å². The molecule has 0 aromatic heterocycles. The Morgan fingerprint density at radius 2 is 1.79 bits per heavy atom. The van der Waals surface area contributed by atoms with Crippen LogP contribution < -0.4 is 0 Å². The molecule has 0 spiro atoms. The minimum atomic E-state index is -0.967. The number of halogens is 2. The van der Waals surface area contributed by atoms with Crippen LogP contribution in [0.1, 0.15) is 38.2 Å². The van der Waals surface area contributed by atoms with Crippen LogP contribution in [0.5, 0.6) is 0 Å². The number of hydrogen-bond acceptors (Lipinski definition) is 3. The average molecular weight is 270 g/mol. The van der Waals surface area contributed by atoms with Gasteiger partial charge in [-0.3, -0.25) is 9.59 Å². The summed E-state index contributed by atoms with van der Waals surface area (Å²) >= 11 is 0. The predicted molar refractivity (Wildman–Crippen MR) is 65.6 cm³/mol. The molecule has 5 heteroatoms. The molecule has 0 saturated carbocycles. The first-order chi connectivity index (χ1) is 9.01. The Balaban J connectivity index is 2.94. The number of rotatable bonds is 6. The van der Waals surface area contributed by atoms with E-state index in [-0.39, 0.29) is 18.6 Å². The summed E-state index contributed by atoms with van der Waals surface area (Å²) in [6.07, 6.45) is -0.254. The summed E-state index contributed by atoms with van der Waals surface area (Å²) in [4.78, 5) is 23.2. The molecular formula is C14H16F2O3. The van der Waals surface area contributed by atoms with E-state index < -0.39 is 35.7 Å². The van der Waals surface area contributed by atoms with E-state index in [2.05, 4.69) is 4.74 Å². The van der Waals surface area contributed by atoms with Gasteiger partial charge in [-0.25, -0.2) is 8.78 Å². The molecule has 0 amide bonds. The van der Waals surface area contributed by atoms with Gasteiger partial charge < -0.3 is 4.74 Å². The molecule has 1 aromatic rings. The molecule has 0 N–H and O–H groups in total. The Labute approximate surface area is 110 Å². The first-order valence-electron chi connectivity index (χ1n) is 6.13. The maximum Gasteiger partial charge on any atom is 0.313 e.